The highest BCUT2D eigenvalue weighted by Crippen LogP contribution is 2.24. The number of rotatable bonds is 4. The molecule has 2 rings (SSSR count). The van der Waals surface area contributed by atoms with Gasteiger partial charge in [-0.05, 0) is 44.0 Å². The Labute approximate surface area is 107 Å². The average molecular weight is 245 g/mol. The Morgan fingerprint density at radius 3 is 2.61 bits per heavy atom. The summed E-state index contributed by atoms with van der Waals surface area (Å²) in [6, 6.07) is 5.90. The number of fused-ring (bicyclic) bond motifs is 1. The number of benzene rings is 1. The molecule has 0 unspecified atom stereocenters. The van der Waals surface area contributed by atoms with E-state index in [1.807, 2.05) is 13.0 Å². The Balaban J connectivity index is 2.60. The molecule has 0 atom stereocenters. The summed E-state index contributed by atoms with van der Waals surface area (Å²) in [4.78, 5) is 11.2. The van der Waals surface area contributed by atoms with Gasteiger partial charge in [0.1, 0.15) is 0 Å². The molecule has 0 fully saturated rings. The lowest BCUT2D eigenvalue weighted by atomic mass is 10.1. The lowest BCUT2D eigenvalue weighted by Crippen LogP contribution is -2.03. The molecule has 0 bridgehead atoms. The second-order valence-corrected chi connectivity index (χ2v) is 4.82. The van der Waals surface area contributed by atoms with Gasteiger partial charge in [0.2, 0.25) is 0 Å². The number of unbranched alkanes of at least 4 members (excludes halogenated alkanes) is 1. The molecule has 1 aromatic heterocycles. The van der Waals surface area contributed by atoms with Crippen LogP contribution < -0.4 is 0 Å². The van der Waals surface area contributed by atoms with Crippen LogP contribution in [0.5, 0.6) is 0 Å². The Hall–Kier alpha value is -1.77. The van der Waals surface area contributed by atoms with E-state index in [0.717, 1.165) is 35.9 Å². The van der Waals surface area contributed by atoms with Gasteiger partial charge in [-0.2, -0.15) is 0 Å². The molecule has 0 aliphatic rings. The minimum atomic E-state index is -0.852. The smallest absolute Gasteiger partial charge is 0.336 e. The molecule has 96 valence electrons. The Morgan fingerprint density at radius 1 is 1.28 bits per heavy atom. The number of nitrogens with zero attached hydrogens (tertiary/aromatic N) is 1. The standard InChI is InChI=1S/C15H19NO2/c1-4-5-6-16-11(3)8-12-7-10(2)13(15(17)18)9-14(12)16/h7-9H,4-6H2,1-3H3,(H,17,18). The Morgan fingerprint density at radius 2 is 2.00 bits per heavy atom. The summed E-state index contributed by atoms with van der Waals surface area (Å²) >= 11 is 0. The fourth-order valence-corrected chi connectivity index (χ4v) is 2.40. The minimum absolute atomic E-state index is 0.401. The molecule has 1 aromatic carbocycles. The van der Waals surface area contributed by atoms with Gasteiger partial charge in [-0.1, -0.05) is 13.3 Å². The van der Waals surface area contributed by atoms with E-state index in [9.17, 15) is 9.90 Å². The zero-order valence-electron chi connectivity index (χ0n) is 11.2. The van der Waals surface area contributed by atoms with E-state index in [1.54, 1.807) is 6.07 Å². The fraction of sp³-hybridized carbons (Fsp3) is 0.400. The summed E-state index contributed by atoms with van der Waals surface area (Å²) in [5, 5.41) is 10.3. The molecule has 0 aliphatic heterocycles. The molecule has 0 saturated carbocycles. The maximum absolute atomic E-state index is 11.2. The van der Waals surface area contributed by atoms with Gasteiger partial charge in [0.05, 0.1) is 5.56 Å². The fourth-order valence-electron chi connectivity index (χ4n) is 2.40. The van der Waals surface area contributed by atoms with E-state index >= 15 is 0 Å². The third kappa shape index (κ3) is 2.13. The third-order valence-electron chi connectivity index (χ3n) is 3.42. The van der Waals surface area contributed by atoms with E-state index in [-0.39, 0.29) is 0 Å². The van der Waals surface area contributed by atoms with E-state index in [4.69, 9.17) is 0 Å². The number of aryl methyl sites for hydroxylation is 3. The van der Waals surface area contributed by atoms with Gasteiger partial charge >= 0.3 is 5.97 Å². The topological polar surface area (TPSA) is 42.2 Å². The maximum atomic E-state index is 11.2. The molecule has 3 nitrogen and oxygen atoms in total. The summed E-state index contributed by atoms with van der Waals surface area (Å²) in [6.07, 6.45) is 2.25. The number of hydrogen-bond donors (Lipinski definition) is 1. The van der Waals surface area contributed by atoms with Crippen LogP contribution in [0.3, 0.4) is 0 Å². The predicted molar refractivity (Wildman–Crippen MR) is 73.3 cm³/mol. The van der Waals surface area contributed by atoms with Crippen molar-refractivity contribution in [3.63, 3.8) is 0 Å². The minimum Gasteiger partial charge on any atom is -0.478 e. The first kappa shape index (κ1) is 12.7. The summed E-state index contributed by atoms with van der Waals surface area (Å²) in [5.41, 5.74) is 3.45. The molecule has 18 heavy (non-hydrogen) atoms. The number of carbonyl (C=O) groups is 1. The second kappa shape index (κ2) is 4.84. The molecule has 2 aromatic rings. The highest BCUT2D eigenvalue weighted by molar-refractivity contribution is 5.95. The van der Waals surface area contributed by atoms with Gasteiger partial charge in [0.15, 0.2) is 0 Å². The van der Waals surface area contributed by atoms with Crippen LogP contribution >= 0.6 is 0 Å². The van der Waals surface area contributed by atoms with Crippen LogP contribution in [0, 0.1) is 13.8 Å². The molecular weight excluding hydrogens is 226 g/mol. The molecular formula is C15H19NO2. The molecule has 3 heteroatoms. The first-order valence-corrected chi connectivity index (χ1v) is 6.38. The Bertz CT molecular complexity index is 596. The molecule has 0 amide bonds. The highest BCUT2D eigenvalue weighted by atomic mass is 16.4. The van der Waals surface area contributed by atoms with Crippen LogP contribution in [-0.4, -0.2) is 15.6 Å². The molecule has 0 spiro atoms. The van der Waals surface area contributed by atoms with E-state index in [0.29, 0.717) is 5.56 Å². The highest BCUT2D eigenvalue weighted by Gasteiger charge is 2.12. The molecule has 0 saturated heterocycles. The molecule has 1 N–H and O–H groups in total. The van der Waals surface area contributed by atoms with Crippen molar-refractivity contribution in [1.82, 2.24) is 4.57 Å². The third-order valence-corrected chi connectivity index (χ3v) is 3.42. The van der Waals surface area contributed by atoms with Gasteiger partial charge < -0.3 is 9.67 Å². The van der Waals surface area contributed by atoms with Crippen LogP contribution in [0.25, 0.3) is 10.9 Å². The van der Waals surface area contributed by atoms with Gasteiger partial charge in [0.25, 0.3) is 0 Å². The van der Waals surface area contributed by atoms with Crippen molar-refractivity contribution < 1.29 is 9.90 Å². The average Bonchev–Trinajstić information content (AvgIpc) is 2.60. The number of hydrogen-bond acceptors (Lipinski definition) is 1. The largest absolute Gasteiger partial charge is 0.478 e. The van der Waals surface area contributed by atoms with E-state index < -0.39 is 5.97 Å². The van der Waals surface area contributed by atoms with Crippen molar-refractivity contribution in [2.45, 2.75) is 40.2 Å². The normalized spacial score (nSPS) is 11.1. The van der Waals surface area contributed by atoms with Gasteiger partial charge in [0, 0.05) is 23.1 Å². The van der Waals surface area contributed by atoms with Crippen molar-refractivity contribution >= 4 is 16.9 Å². The van der Waals surface area contributed by atoms with Gasteiger partial charge in [-0.25, -0.2) is 4.79 Å². The van der Waals surface area contributed by atoms with Crippen LogP contribution in [0.1, 0.15) is 41.4 Å². The Kier molecular flexibility index (Phi) is 3.41. The second-order valence-electron chi connectivity index (χ2n) is 4.82. The number of carboxylic acids is 1. The lowest BCUT2D eigenvalue weighted by molar-refractivity contribution is 0.0696. The maximum Gasteiger partial charge on any atom is 0.336 e. The monoisotopic (exact) mass is 245 g/mol. The van der Waals surface area contributed by atoms with Crippen molar-refractivity contribution in [2.24, 2.45) is 0 Å². The van der Waals surface area contributed by atoms with Crippen molar-refractivity contribution in [1.29, 1.82) is 0 Å². The van der Waals surface area contributed by atoms with Gasteiger partial charge in [-0.15, -0.1) is 0 Å². The zero-order chi connectivity index (χ0) is 13.3. The van der Waals surface area contributed by atoms with Crippen LogP contribution in [0.4, 0.5) is 0 Å². The van der Waals surface area contributed by atoms with E-state index in [1.165, 1.54) is 5.69 Å². The summed E-state index contributed by atoms with van der Waals surface area (Å²) in [7, 11) is 0. The number of carboxylic acid groups (broad SMARTS) is 1. The van der Waals surface area contributed by atoms with Crippen molar-refractivity contribution in [3.05, 3.63) is 35.0 Å². The number of aromatic nitrogens is 1. The van der Waals surface area contributed by atoms with Crippen LogP contribution in [0.15, 0.2) is 18.2 Å². The summed E-state index contributed by atoms with van der Waals surface area (Å²) < 4.78 is 2.21. The summed E-state index contributed by atoms with van der Waals surface area (Å²) in [5.74, 6) is -0.852. The SMILES string of the molecule is CCCCn1c(C)cc2cc(C)c(C(=O)O)cc21. The molecule has 1 heterocycles. The summed E-state index contributed by atoms with van der Waals surface area (Å²) in [6.45, 7) is 7.04. The lowest BCUT2D eigenvalue weighted by Gasteiger charge is -2.08. The van der Waals surface area contributed by atoms with Crippen molar-refractivity contribution in [3.8, 4) is 0 Å². The first-order chi connectivity index (χ1) is 8.54. The van der Waals surface area contributed by atoms with Gasteiger partial charge in [-0.3, -0.25) is 0 Å². The quantitative estimate of drug-likeness (QED) is 0.891. The van der Waals surface area contributed by atoms with Crippen LogP contribution in [0.2, 0.25) is 0 Å². The molecule has 0 radical (unpaired) electrons. The first-order valence-electron chi connectivity index (χ1n) is 6.38. The number of aromatic carboxylic acids is 1. The predicted octanol–water partition coefficient (Wildman–Crippen LogP) is 3.76. The van der Waals surface area contributed by atoms with E-state index in [2.05, 4.69) is 24.5 Å². The van der Waals surface area contributed by atoms with Crippen LogP contribution in [-0.2, 0) is 6.54 Å². The van der Waals surface area contributed by atoms with Crippen molar-refractivity contribution in [2.75, 3.05) is 0 Å². The molecule has 0 aliphatic carbocycles. The zero-order valence-corrected chi connectivity index (χ0v) is 11.2.